The highest BCUT2D eigenvalue weighted by molar-refractivity contribution is 9.10. The topological polar surface area (TPSA) is 29.5 Å². The molecule has 0 unspecified atom stereocenters. The Bertz CT molecular complexity index is 443. The van der Waals surface area contributed by atoms with Crippen molar-refractivity contribution in [3.8, 4) is 0 Å². The Morgan fingerprint density at radius 3 is 2.75 bits per heavy atom. The highest BCUT2D eigenvalue weighted by Crippen LogP contribution is 2.39. The quantitative estimate of drug-likeness (QED) is 0.787. The average Bonchev–Trinajstić information content (AvgIpc) is 2.19. The number of ether oxygens (including phenoxy) is 1. The van der Waals surface area contributed by atoms with Crippen LogP contribution in [0.2, 0.25) is 0 Å². The van der Waals surface area contributed by atoms with Gasteiger partial charge in [0.25, 0.3) is 0 Å². The van der Waals surface area contributed by atoms with Crippen LogP contribution in [0.15, 0.2) is 22.7 Å². The van der Waals surface area contributed by atoms with E-state index >= 15 is 0 Å². The Morgan fingerprint density at radius 1 is 1.44 bits per heavy atom. The average molecular weight is 284 g/mol. The molecule has 0 saturated heterocycles. The molecule has 1 aromatic rings. The van der Waals surface area contributed by atoms with Gasteiger partial charge in [0.15, 0.2) is 0 Å². The second-order valence-electron chi connectivity index (χ2n) is 4.28. The predicted octanol–water partition coefficient (Wildman–Crippen LogP) is 3.66. The van der Waals surface area contributed by atoms with E-state index in [2.05, 4.69) is 15.9 Å². The third-order valence-corrected chi connectivity index (χ3v) is 3.27. The molecular weight excluding hydrogens is 270 g/mol. The summed E-state index contributed by atoms with van der Waals surface area (Å²) in [5.41, 5.74) is 1.40. The van der Waals surface area contributed by atoms with Crippen LogP contribution in [0, 0.1) is 0 Å². The number of fused-ring (bicyclic) bond motifs is 1. The molecule has 0 aliphatic carbocycles. The maximum atomic E-state index is 11.8. The molecule has 1 aliphatic rings. The fraction of sp³-hybridized carbons (Fsp3) is 0.417. The van der Waals surface area contributed by atoms with Gasteiger partial charge >= 0.3 is 6.09 Å². The zero-order valence-electron chi connectivity index (χ0n) is 9.58. The Morgan fingerprint density at radius 2 is 2.12 bits per heavy atom. The van der Waals surface area contributed by atoms with E-state index in [-0.39, 0.29) is 6.09 Å². The van der Waals surface area contributed by atoms with E-state index in [1.807, 2.05) is 39.0 Å². The van der Waals surface area contributed by atoms with Gasteiger partial charge in [-0.15, -0.1) is 0 Å². The zero-order chi connectivity index (χ0) is 11.9. The first-order valence-electron chi connectivity index (χ1n) is 5.26. The van der Waals surface area contributed by atoms with Gasteiger partial charge in [-0.1, -0.05) is 15.9 Å². The number of anilines is 1. The van der Waals surface area contributed by atoms with Crippen molar-refractivity contribution < 1.29 is 9.53 Å². The van der Waals surface area contributed by atoms with E-state index in [1.165, 1.54) is 0 Å². The van der Waals surface area contributed by atoms with Crippen molar-refractivity contribution in [3.63, 3.8) is 0 Å². The lowest BCUT2D eigenvalue weighted by Crippen LogP contribution is -2.43. The fourth-order valence-corrected chi connectivity index (χ4v) is 2.31. The summed E-state index contributed by atoms with van der Waals surface area (Å²) in [5, 5.41) is 0. The lowest BCUT2D eigenvalue weighted by molar-refractivity contribution is 0.0352. The van der Waals surface area contributed by atoms with Crippen LogP contribution < -0.4 is 4.90 Å². The van der Waals surface area contributed by atoms with E-state index in [0.29, 0.717) is 6.54 Å². The molecular formula is C12H14BrNO2. The van der Waals surface area contributed by atoms with Crippen molar-refractivity contribution >= 4 is 27.7 Å². The molecule has 2 rings (SSSR count). The largest absolute Gasteiger partial charge is 0.438 e. The molecule has 1 aromatic carbocycles. The second-order valence-corrected chi connectivity index (χ2v) is 5.20. The van der Waals surface area contributed by atoms with Gasteiger partial charge in [0.05, 0.1) is 5.69 Å². The molecule has 1 heterocycles. The second kappa shape index (κ2) is 3.77. The summed E-state index contributed by atoms with van der Waals surface area (Å²) in [6, 6.07) is 5.89. The number of carbonyl (C=O) groups is 1. The van der Waals surface area contributed by atoms with Crippen LogP contribution in [-0.2, 0) is 10.3 Å². The predicted molar refractivity (Wildman–Crippen MR) is 66.7 cm³/mol. The molecule has 0 N–H and O–H groups in total. The molecule has 0 fully saturated rings. The first-order chi connectivity index (χ1) is 7.45. The van der Waals surface area contributed by atoms with Crippen molar-refractivity contribution in [3.05, 3.63) is 28.2 Å². The highest BCUT2D eigenvalue weighted by atomic mass is 79.9. The van der Waals surface area contributed by atoms with E-state index in [4.69, 9.17) is 4.74 Å². The van der Waals surface area contributed by atoms with Gasteiger partial charge < -0.3 is 4.74 Å². The standard InChI is InChI=1S/C12H14BrNO2/c1-4-14-10-6-5-8(13)7-9(10)12(2,3)16-11(14)15/h5-7H,4H2,1-3H3. The van der Waals surface area contributed by atoms with Crippen LogP contribution in [0.3, 0.4) is 0 Å². The summed E-state index contributed by atoms with van der Waals surface area (Å²) >= 11 is 3.44. The number of halogens is 1. The van der Waals surface area contributed by atoms with E-state index in [1.54, 1.807) is 4.90 Å². The number of rotatable bonds is 1. The Hall–Kier alpha value is -1.03. The molecule has 0 saturated carbocycles. The molecule has 0 bridgehead atoms. The fourth-order valence-electron chi connectivity index (χ4n) is 1.95. The maximum Gasteiger partial charge on any atom is 0.415 e. The number of hydrogen-bond donors (Lipinski definition) is 0. The number of benzene rings is 1. The smallest absolute Gasteiger partial charge is 0.415 e. The van der Waals surface area contributed by atoms with Gasteiger partial charge in [0.1, 0.15) is 5.60 Å². The highest BCUT2D eigenvalue weighted by Gasteiger charge is 2.37. The third-order valence-electron chi connectivity index (χ3n) is 2.78. The zero-order valence-corrected chi connectivity index (χ0v) is 11.2. The van der Waals surface area contributed by atoms with E-state index in [0.717, 1.165) is 15.7 Å². The Labute approximate surface area is 104 Å². The van der Waals surface area contributed by atoms with Gasteiger partial charge in [-0.2, -0.15) is 0 Å². The van der Waals surface area contributed by atoms with Gasteiger partial charge in [0.2, 0.25) is 0 Å². The summed E-state index contributed by atoms with van der Waals surface area (Å²) < 4.78 is 6.42. The first kappa shape index (κ1) is 11.5. The number of nitrogens with zero attached hydrogens (tertiary/aromatic N) is 1. The summed E-state index contributed by atoms with van der Waals surface area (Å²) in [7, 11) is 0. The van der Waals surface area contributed by atoms with E-state index in [9.17, 15) is 4.79 Å². The SMILES string of the molecule is CCN1C(=O)OC(C)(C)c2cc(Br)ccc21. The molecule has 86 valence electrons. The summed E-state index contributed by atoms with van der Waals surface area (Å²) in [6.45, 7) is 6.36. The number of cyclic esters (lactones) is 1. The molecule has 3 nitrogen and oxygen atoms in total. The van der Waals surface area contributed by atoms with Crippen molar-refractivity contribution in [1.82, 2.24) is 0 Å². The van der Waals surface area contributed by atoms with Gasteiger partial charge in [-0.05, 0) is 39.0 Å². The Kier molecular flexibility index (Phi) is 2.70. The maximum absolute atomic E-state index is 11.8. The van der Waals surface area contributed by atoms with Gasteiger partial charge in [-0.3, -0.25) is 4.90 Å². The molecule has 0 aromatic heterocycles. The van der Waals surface area contributed by atoms with Gasteiger partial charge in [0, 0.05) is 16.6 Å². The van der Waals surface area contributed by atoms with Crippen LogP contribution in [0.5, 0.6) is 0 Å². The van der Waals surface area contributed by atoms with Crippen molar-refractivity contribution in [2.75, 3.05) is 11.4 Å². The van der Waals surface area contributed by atoms with Crippen LogP contribution in [0.4, 0.5) is 10.5 Å². The van der Waals surface area contributed by atoms with Crippen molar-refractivity contribution in [2.45, 2.75) is 26.4 Å². The number of carbonyl (C=O) groups excluding carboxylic acids is 1. The number of hydrogen-bond acceptors (Lipinski definition) is 2. The van der Waals surface area contributed by atoms with Crippen LogP contribution in [0.25, 0.3) is 0 Å². The van der Waals surface area contributed by atoms with Crippen LogP contribution >= 0.6 is 15.9 Å². The van der Waals surface area contributed by atoms with Crippen LogP contribution in [-0.4, -0.2) is 12.6 Å². The minimum atomic E-state index is -0.568. The lowest BCUT2D eigenvalue weighted by atomic mass is 9.94. The molecule has 0 atom stereocenters. The monoisotopic (exact) mass is 283 g/mol. The first-order valence-corrected chi connectivity index (χ1v) is 6.05. The molecule has 4 heteroatoms. The van der Waals surface area contributed by atoms with Gasteiger partial charge in [-0.25, -0.2) is 4.79 Å². The summed E-state index contributed by atoms with van der Waals surface area (Å²) in [6.07, 6.45) is -0.276. The van der Waals surface area contributed by atoms with E-state index < -0.39 is 5.60 Å². The summed E-state index contributed by atoms with van der Waals surface area (Å²) in [4.78, 5) is 13.4. The normalized spacial score (nSPS) is 18.0. The molecule has 1 amide bonds. The minimum Gasteiger partial charge on any atom is -0.438 e. The molecule has 16 heavy (non-hydrogen) atoms. The third kappa shape index (κ3) is 1.71. The Balaban J connectivity index is 2.62. The van der Waals surface area contributed by atoms with Crippen molar-refractivity contribution in [1.29, 1.82) is 0 Å². The number of amides is 1. The van der Waals surface area contributed by atoms with Crippen LogP contribution in [0.1, 0.15) is 26.3 Å². The minimum absolute atomic E-state index is 0.276. The van der Waals surface area contributed by atoms with Crippen molar-refractivity contribution in [2.24, 2.45) is 0 Å². The lowest BCUT2D eigenvalue weighted by Gasteiger charge is -2.38. The molecule has 0 radical (unpaired) electrons. The summed E-state index contributed by atoms with van der Waals surface area (Å²) in [5.74, 6) is 0. The molecule has 0 spiro atoms. The molecule has 1 aliphatic heterocycles.